The largest absolute Gasteiger partial charge is 0.380 e. The highest BCUT2D eigenvalue weighted by atomic mass is 16.1. The maximum absolute atomic E-state index is 10.7. The molecular formula is C8H16N2O. The van der Waals surface area contributed by atoms with Gasteiger partial charge < -0.3 is 11.1 Å². The summed E-state index contributed by atoms with van der Waals surface area (Å²) in [6, 6.07) is -0.271. The Morgan fingerprint density at radius 3 is 2.55 bits per heavy atom. The molecule has 0 heterocycles. The lowest BCUT2D eigenvalue weighted by Crippen LogP contribution is -2.39. The Morgan fingerprint density at radius 2 is 2.27 bits per heavy atom. The summed E-state index contributed by atoms with van der Waals surface area (Å²) in [4.78, 5) is 10.7. The first-order valence-corrected chi connectivity index (χ1v) is 3.74. The minimum Gasteiger partial charge on any atom is -0.380 e. The first-order valence-electron chi connectivity index (χ1n) is 3.74. The van der Waals surface area contributed by atoms with Gasteiger partial charge in [0.15, 0.2) is 0 Å². The van der Waals surface area contributed by atoms with Crippen LogP contribution >= 0.6 is 0 Å². The Hall–Kier alpha value is -0.990. The van der Waals surface area contributed by atoms with Crippen molar-refractivity contribution in [3.05, 3.63) is 12.8 Å². The van der Waals surface area contributed by atoms with E-state index in [2.05, 4.69) is 11.9 Å². The number of rotatable bonds is 5. The zero-order valence-electron chi connectivity index (χ0n) is 7.13. The molecule has 0 saturated carbocycles. The lowest BCUT2D eigenvalue weighted by atomic mass is 10.0. The number of carbonyl (C=O) groups is 1. The van der Waals surface area contributed by atoms with Crippen LogP contribution in [0.1, 0.15) is 20.3 Å². The quantitative estimate of drug-likeness (QED) is 0.613. The molecule has 3 N–H and O–H groups in total. The highest BCUT2D eigenvalue weighted by Crippen LogP contribution is 2.03. The molecule has 0 radical (unpaired) electrons. The van der Waals surface area contributed by atoms with Crippen molar-refractivity contribution in [1.29, 1.82) is 0 Å². The summed E-state index contributed by atoms with van der Waals surface area (Å²) in [5.41, 5.74) is 5.12. The van der Waals surface area contributed by atoms with Gasteiger partial charge in [-0.25, -0.2) is 0 Å². The van der Waals surface area contributed by atoms with E-state index in [4.69, 9.17) is 5.73 Å². The predicted octanol–water partition coefficient (Wildman–Crippen LogP) is 0.619. The van der Waals surface area contributed by atoms with Crippen molar-refractivity contribution in [1.82, 2.24) is 5.32 Å². The molecule has 64 valence electrons. The second-order valence-corrected chi connectivity index (χ2v) is 2.96. The van der Waals surface area contributed by atoms with Crippen molar-refractivity contribution >= 4 is 5.91 Å². The lowest BCUT2D eigenvalue weighted by molar-refractivity contribution is -0.120. The summed E-state index contributed by atoms with van der Waals surface area (Å²) < 4.78 is 0. The van der Waals surface area contributed by atoms with E-state index in [1.54, 1.807) is 0 Å². The van der Waals surface area contributed by atoms with Crippen molar-refractivity contribution in [2.24, 2.45) is 11.7 Å². The number of nitrogens with two attached hydrogens (primary N) is 1. The van der Waals surface area contributed by atoms with Crippen LogP contribution in [0.2, 0.25) is 0 Å². The van der Waals surface area contributed by atoms with Crippen LogP contribution in [0.5, 0.6) is 0 Å². The third kappa shape index (κ3) is 4.42. The zero-order chi connectivity index (χ0) is 8.85. The molecule has 0 saturated heterocycles. The fourth-order valence-corrected chi connectivity index (χ4v) is 0.880. The molecule has 0 aromatic carbocycles. The molecule has 0 bridgehead atoms. The molecule has 3 heteroatoms. The molecule has 0 spiro atoms. The van der Waals surface area contributed by atoms with Gasteiger partial charge in [0.1, 0.15) is 6.04 Å². The lowest BCUT2D eigenvalue weighted by Gasteiger charge is -2.15. The van der Waals surface area contributed by atoms with Crippen LogP contribution in [0, 0.1) is 5.92 Å². The van der Waals surface area contributed by atoms with Crippen LogP contribution in [0.25, 0.3) is 0 Å². The van der Waals surface area contributed by atoms with Gasteiger partial charge in [-0.05, 0) is 18.5 Å². The molecule has 1 unspecified atom stereocenters. The summed E-state index contributed by atoms with van der Waals surface area (Å²) in [6.07, 6.45) is 2.25. The van der Waals surface area contributed by atoms with E-state index in [1.165, 1.54) is 6.20 Å². The van der Waals surface area contributed by atoms with E-state index >= 15 is 0 Å². The molecule has 1 atom stereocenters. The summed E-state index contributed by atoms with van der Waals surface area (Å²) in [5, 5.41) is 2.80. The first kappa shape index (κ1) is 10.0. The predicted molar refractivity (Wildman–Crippen MR) is 45.8 cm³/mol. The SMILES string of the molecule is C=CNC(CC(C)C)C(N)=O. The molecule has 11 heavy (non-hydrogen) atoms. The maximum Gasteiger partial charge on any atom is 0.239 e. The molecule has 3 nitrogen and oxygen atoms in total. The van der Waals surface area contributed by atoms with Crippen molar-refractivity contribution in [2.45, 2.75) is 26.3 Å². The molecule has 0 aliphatic heterocycles. The van der Waals surface area contributed by atoms with Crippen molar-refractivity contribution in [3.8, 4) is 0 Å². The van der Waals surface area contributed by atoms with Crippen LogP contribution in [0.3, 0.4) is 0 Å². The third-order valence-electron chi connectivity index (χ3n) is 1.37. The Bertz CT molecular complexity index is 143. The number of hydrogen-bond acceptors (Lipinski definition) is 2. The molecule has 1 amide bonds. The summed E-state index contributed by atoms with van der Waals surface area (Å²) in [5.74, 6) is 0.138. The third-order valence-corrected chi connectivity index (χ3v) is 1.37. The Morgan fingerprint density at radius 1 is 1.73 bits per heavy atom. The monoisotopic (exact) mass is 156 g/mol. The average Bonchev–Trinajstić information content (AvgIpc) is 1.86. The molecule has 0 aliphatic carbocycles. The molecule has 0 rings (SSSR count). The van der Waals surface area contributed by atoms with Gasteiger partial charge in [0, 0.05) is 0 Å². The second-order valence-electron chi connectivity index (χ2n) is 2.96. The fourth-order valence-electron chi connectivity index (χ4n) is 0.880. The van der Waals surface area contributed by atoms with Crippen LogP contribution in [-0.4, -0.2) is 11.9 Å². The Labute approximate surface area is 67.7 Å². The number of nitrogens with one attached hydrogen (secondary N) is 1. The van der Waals surface area contributed by atoms with E-state index in [1.807, 2.05) is 13.8 Å². The van der Waals surface area contributed by atoms with Crippen molar-refractivity contribution in [2.75, 3.05) is 0 Å². The van der Waals surface area contributed by atoms with Crippen LogP contribution < -0.4 is 11.1 Å². The van der Waals surface area contributed by atoms with Crippen LogP contribution in [0.15, 0.2) is 12.8 Å². The number of hydrogen-bond donors (Lipinski definition) is 2. The highest BCUT2D eigenvalue weighted by Gasteiger charge is 2.13. The van der Waals surface area contributed by atoms with E-state index in [0.29, 0.717) is 5.92 Å². The highest BCUT2D eigenvalue weighted by molar-refractivity contribution is 5.79. The van der Waals surface area contributed by atoms with Gasteiger partial charge in [-0.3, -0.25) is 4.79 Å². The summed E-state index contributed by atoms with van der Waals surface area (Å²) >= 11 is 0. The van der Waals surface area contributed by atoms with Gasteiger partial charge in [-0.15, -0.1) is 0 Å². The molecule has 0 aromatic heterocycles. The summed E-state index contributed by atoms with van der Waals surface area (Å²) in [7, 11) is 0. The standard InChI is InChI=1S/C8H16N2O/c1-4-10-7(8(9)11)5-6(2)3/h4,6-7,10H,1,5H2,2-3H3,(H2,9,11). The van der Waals surface area contributed by atoms with Crippen LogP contribution in [-0.2, 0) is 4.79 Å². The second kappa shape index (κ2) is 4.77. The van der Waals surface area contributed by atoms with Gasteiger partial charge in [0.05, 0.1) is 0 Å². The average molecular weight is 156 g/mol. The van der Waals surface area contributed by atoms with E-state index in [9.17, 15) is 4.79 Å². The van der Waals surface area contributed by atoms with Gasteiger partial charge >= 0.3 is 0 Å². The normalized spacial score (nSPS) is 12.6. The van der Waals surface area contributed by atoms with E-state index < -0.39 is 0 Å². The molecule has 0 aliphatic rings. The van der Waals surface area contributed by atoms with Crippen molar-refractivity contribution < 1.29 is 4.79 Å². The topological polar surface area (TPSA) is 55.1 Å². The van der Waals surface area contributed by atoms with Gasteiger partial charge in [0.25, 0.3) is 0 Å². The summed E-state index contributed by atoms with van der Waals surface area (Å²) in [6.45, 7) is 7.56. The Kier molecular flexibility index (Phi) is 4.34. The van der Waals surface area contributed by atoms with Gasteiger partial charge in [-0.1, -0.05) is 20.4 Å². The molecule has 0 aromatic rings. The van der Waals surface area contributed by atoms with Gasteiger partial charge in [0.2, 0.25) is 5.91 Å². The molecular weight excluding hydrogens is 140 g/mol. The minimum absolute atomic E-state index is 0.271. The first-order chi connectivity index (χ1) is 5.07. The van der Waals surface area contributed by atoms with E-state index in [0.717, 1.165) is 6.42 Å². The fraction of sp³-hybridized carbons (Fsp3) is 0.625. The van der Waals surface area contributed by atoms with Crippen molar-refractivity contribution in [3.63, 3.8) is 0 Å². The Balaban J connectivity index is 3.88. The van der Waals surface area contributed by atoms with Gasteiger partial charge in [-0.2, -0.15) is 0 Å². The number of carbonyl (C=O) groups excluding carboxylic acids is 1. The number of primary amides is 1. The smallest absolute Gasteiger partial charge is 0.239 e. The zero-order valence-corrected chi connectivity index (χ0v) is 7.13. The van der Waals surface area contributed by atoms with E-state index in [-0.39, 0.29) is 11.9 Å². The maximum atomic E-state index is 10.7. The van der Waals surface area contributed by atoms with Crippen LogP contribution in [0.4, 0.5) is 0 Å². The molecule has 0 fully saturated rings. The number of amides is 1. The minimum atomic E-state index is -0.321.